The molecule has 0 fully saturated rings. The zero-order chi connectivity index (χ0) is 27.7. The van der Waals surface area contributed by atoms with E-state index in [9.17, 15) is 19.8 Å². The highest BCUT2D eigenvalue weighted by atomic mass is 16.4. The summed E-state index contributed by atoms with van der Waals surface area (Å²) in [4.78, 5) is 22.1. The molecule has 0 saturated carbocycles. The van der Waals surface area contributed by atoms with Crippen molar-refractivity contribution in [3.8, 4) is 23.0 Å². The highest BCUT2D eigenvalue weighted by Crippen LogP contribution is 2.24. The second kappa shape index (κ2) is 12.5. The van der Waals surface area contributed by atoms with E-state index >= 15 is 0 Å². The molecule has 0 aromatic heterocycles. The van der Waals surface area contributed by atoms with Gasteiger partial charge in [-0.3, -0.25) is 0 Å². The van der Waals surface area contributed by atoms with Crippen LogP contribution in [0, 0.1) is 0 Å². The molecule has 6 N–H and O–H groups in total. The van der Waals surface area contributed by atoms with Crippen molar-refractivity contribution >= 4 is 36.2 Å². The fourth-order valence-electron chi connectivity index (χ4n) is 3.40. The Kier molecular flexibility index (Phi) is 8.88. The van der Waals surface area contributed by atoms with Crippen LogP contribution in [0.4, 0.5) is 0 Å². The highest BCUT2D eigenvalue weighted by Gasteiger charge is 2.13. The molecule has 0 bridgehead atoms. The molecular formula is C30H24O8. The topological polar surface area (TPSA) is 156 Å². The van der Waals surface area contributed by atoms with Crippen LogP contribution < -0.4 is 0 Å². The van der Waals surface area contributed by atoms with Crippen LogP contribution in [0.25, 0.3) is 24.3 Å². The zero-order valence-electron chi connectivity index (χ0n) is 19.9. The lowest BCUT2D eigenvalue weighted by Crippen LogP contribution is -1.99. The van der Waals surface area contributed by atoms with Crippen LogP contribution in [0.3, 0.4) is 0 Å². The molecule has 0 amide bonds. The maximum Gasteiger partial charge on any atom is 0.340 e. The van der Waals surface area contributed by atoms with Crippen LogP contribution in [-0.2, 0) is 0 Å². The van der Waals surface area contributed by atoms with Crippen LogP contribution in [0.1, 0.15) is 43.0 Å². The number of phenols is 4. The van der Waals surface area contributed by atoms with Gasteiger partial charge >= 0.3 is 11.9 Å². The van der Waals surface area contributed by atoms with Gasteiger partial charge in [0.15, 0.2) is 0 Å². The number of carboxylic acids is 2. The predicted molar refractivity (Wildman–Crippen MR) is 144 cm³/mol. The normalized spacial score (nSPS) is 10.7. The molecule has 0 atom stereocenters. The van der Waals surface area contributed by atoms with Gasteiger partial charge in [0, 0.05) is 0 Å². The molecule has 0 radical (unpaired) electrons. The van der Waals surface area contributed by atoms with Crippen molar-refractivity contribution in [2.24, 2.45) is 0 Å². The molecule has 8 heteroatoms. The van der Waals surface area contributed by atoms with Crippen molar-refractivity contribution in [2.45, 2.75) is 0 Å². The summed E-state index contributed by atoms with van der Waals surface area (Å²) in [7, 11) is 0. The first-order valence-electron chi connectivity index (χ1n) is 11.2. The van der Waals surface area contributed by atoms with E-state index in [1.54, 1.807) is 97.1 Å². The first-order chi connectivity index (χ1) is 18.2. The Morgan fingerprint density at radius 2 is 0.816 bits per heavy atom. The number of carboxylic acid groups (broad SMARTS) is 2. The lowest BCUT2D eigenvalue weighted by Gasteiger charge is -2.03. The molecule has 38 heavy (non-hydrogen) atoms. The molecule has 192 valence electrons. The largest absolute Gasteiger partial charge is 0.508 e. The quantitative estimate of drug-likeness (QED) is 0.174. The van der Waals surface area contributed by atoms with Crippen molar-refractivity contribution in [2.75, 3.05) is 0 Å². The second-order valence-electron chi connectivity index (χ2n) is 7.94. The lowest BCUT2D eigenvalue weighted by atomic mass is 10.0. The van der Waals surface area contributed by atoms with Crippen LogP contribution in [0.5, 0.6) is 23.0 Å². The van der Waals surface area contributed by atoms with Gasteiger partial charge in [0.2, 0.25) is 0 Å². The molecule has 4 rings (SSSR count). The number of benzene rings is 4. The number of phenolic OH excluding ortho intramolecular Hbond substituents is 2. The van der Waals surface area contributed by atoms with E-state index in [2.05, 4.69) is 0 Å². The summed E-state index contributed by atoms with van der Waals surface area (Å²) < 4.78 is 0. The molecule has 0 aliphatic rings. The SMILES string of the molecule is O=C(O)c1c(O)cccc1C=Cc1ccc(O)cc1.O=C(O)c1c(O)cccc1C=Cc1ccc(O)cc1. The molecule has 0 saturated heterocycles. The third-order valence-corrected chi connectivity index (χ3v) is 5.27. The molecule has 0 heterocycles. The number of rotatable bonds is 6. The van der Waals surface area contributed by atoms with Gasteiger partial charge in [0.25, 0.3) is 0 Å². The van der Waals surface area contributed by atoms with Gasteiger partial charge in [-0.2, -0.15) is 0 Å². The van der Waals surface area contributed by atoms with E-state index in [4.69, 9.17) is 20.4 Å². The van der Waals surface area contributed by atoms with E-state index in [0.29, 0.717) is 11.1 Å². The Hall–Kier alpha value is -5.50. The highest BCUT2D eigenvalue weighted by molar-refractivity contribution is 5.97. The van der Waals surface area contributed by atoms with E-state index in [1.165, 1.54) is 12.1 Å². The monoisotopic (exact) mass is 512 g/mol. The third-order valence-electron chi connectivity index (χ3n) is 5.27. The Morgan fingerprint density at radius 1 is 0.474 bits per heavy atom. The Morgan fingerprint density at radius 3 is 1.13 bits per heavy atom. The van der Waals surface area contributed by atoms with Crippen molar-refractivity contribution in [1.29, 1.82) is 0 Å². The van der Waals surface area contributed by atoms with Crippen LogP contribution in [0.15, 0.2) is 84.9 Å². The smallest absolute Gasteiger partial charge is 0.340 e. The van der Waals surface area contributed by atoms with E-state index in [0.717, 1.165) is 11.1 Å². The fraction of sp³-hybridized carbons (Fsp3) is 0. The van der Waals surface area contributed by atoms with Crippen LogP contribution in [0.2, 0.25) is 0 Å². The van der Waals surface area contributed by atoms with Gasteiger partial charge in [-0.05, 0) is 58.7 Å². The summed E-state index contributed by atoms with van der Waals surface area (Å²) in [6.45, 7) is 0. The number of carbonyl (C=O) groups is 2. The van der Waals surface area contributed by atoms with E-state index < -0.39 is 11.9 Å². The van der Waals surface area contributed by atoms with Gasteiger partial charge in [-0.15, -0.1) is 0 Å². The zero-order valence-corrected chi connectivity index (χ0v) is 19.9. The summed E-state index contributed by atoms with van der Waals surface area (Å²) in [5.41, 5.74) is 2.21. The van der Waals surface area contributed by atoms with Crippen LogP contribution >= 0.6 is 0 Å². The Balaban J connectivity index is 0.000000211. The minimum absolute atomic E-state index is 0.127. The van der Waals surface area contributed by atoms with Crippen LogP contribution in [-0.4, -0.2) is 42.6 Å². The van der Waals surface area contributed by atoms with Crippen molar-refractivity contribution in [3.63, 3.8) is 0 Å². The van der Waals surface area contributed by atoms with Crippen molar-refractivity contribution in [1.82, 2.24) is 0 Å². The van der Waals surface area contributed by atoms with E-state index in [1.807, 2.05) is 0 Å². The maximum absolute atomic E-state index is 11.1. The number of aromatic carboxylic acids is 2. The van der Waals surface area contributed by atoms with E-state index in [-0.39, 0.29) is 34.1 Å². The van der Waals surface area contributed by atoms with Gasteiger partial charge in [0.05, 0.1) is 0 Å². The first-order valence-corrected chi connectivity index (χ1v) is 11.2. The third kappa shape index (κ3) is 7.25. The molecule has 0 aliphatic heterocycles. The maximum atomic E-state index is 11.1. The molecule has 8 nitrogen and oxygen atoms in total. The summed E-state index contributed by atoms with van der Waals surface area (Å²) in [6, 6.07) is 22.0. The summed E-state index contributed by atoms with van der Waals surface area (Å²) in [5.74, 6) is -2.55. The molecule has 4 aromatic rings. The Bertz CT molecular complexity index is 1370. The molecular weight excluding hydrogens is 488 g/mol. The number of hydrogen-bond acceptors (Lipinski definition) is 6. The van der Waals surface area contributed by atoms with Gasteiger partial charge in [-0.25, -0.2) is 9.59 Å². The summed E-state index contributed by atoms with van der Waals surface area (Å²) in [6.07, 6.45) is 6.63. The Labute approximate surface area is 218 Å². The van der Waals surface area contributed by atoms with Gasteiger partial charge in [0.1, 0.15) is 34.1 Å². The predicted octanol–water partition coefficient (Wildman–Crippen LogP) is 5.93. The fourth-order valence-corrected chi connectivity index (χ4v) is 3.40. The minimum atomic E-state index is -1.18. The summed E-state index contributed by atoms with van der Waals surface area (Å²) in [5, 5.41) is 55.5. The van der Waals surface area contributed by atoms with Gasteiger partial charge < -0.3 is 30.6 Å². The molecule has 0 aliphatic carbocycles. The second-order valence-corrected chi connectivity index (χ2v) is 7.94. The van der Waals surface area contributed by atoms with Crippen molar-refractivity contribution < 1.29 is 40.2 Å². The number of hydrogen-bond donors (Lipinski definition) is 6. The van der Waals surface area contributed by atoms with Gasteiger partial charge in [-0.1, -0.05) is 72.8 Å². The average Bonchev–Trinajstić information content (AvgIpc) is 2.88. The minimum Gasteiger partial charge on any atom is -0.508 e. The lowest BCUT2D eigenvalue weighted by molar-refractivity contribution is 0.0682. The molecule has 0 spiro atoms. The number of aromatic hydroxyl groups is 4. The summed E-state index contributed by atoms with van der Waals surface area (Å²) >= 11 is 0. The standard InChI is InChI=1S/2C15H12O4/c2*16-12-8-5-10(6-9-12)4-7-11-2-1-3-13(17)14(11)15(18)19/h2*1-9,16-17H,(H,18,19). The first kappa shape index (κ1) is 27.1. The van der Waals surface area contributed by atoms with Crippen molar-refractivity contribution in [3.05, 3.63) is 118 Å². The molecule has 4 aromatic carbocycles. The average molecular weight is 513 g/mol. The molecule has 0 unspecified atom stereocenters.